The maximum absolute atomic E-state index is 13.2. The lowest BCUT2D eigenvalue weighted by atomic mass is 10.2. The van der Waals surface area contributed by atoms with Gasteiger partial charge in [0.1, 0.15) is 5.82 Å². The van der Waals surface area contributed by atoms with Crippen LogP contribution in [0.3, 0.4) is 0 Å². The predicted molar refractivity (Wildman–Crippen MR) is 57.2 cm³/mol. The quantitative estimate of drug-likeness (QED) is 0.766. The van der Waals surface area contributed by atoms with Crippen molar-refractivity contribution in [3.63, 3.8) is 0 Å². The lowest BCUT2D eigenvalue weighted by molar-refractivity contribution is -0.109. The van der Waals surface area contributed by atoms with Crippen LogP contribution in [0.5, 0.6) is 0 Å². The summed E-state index contributed by atoms with van der Waals surface area (Å²) >= 11 is 1.12. The van der Waals surface area contributed by atoms with E-state index in [1.807, 2.05) is 0 Å². The molecule has 76 valence electrons. The van der Waals surface area contributed by atoms with Gasteiger partial charge in [-0.2, -0.15) is 0 Å². The van der Waals surface area contributed by atoms with Gasteiger partial charge < -0.3 is 5.32 Å². The van der Waals surface area contributed by atoms with Crippen LogP contribution in [0.2, 0.25) is 0 Å². The Kier molecular flexibility index (Phi) is 3.52. The average molecular weight is 213 g/mol. The molecule has 0 bridgehead atoms. The van der Waals surface area contributed by atoms with Gasteiger partial charge in [0, 0.05) is 18.9 Å². The Hall–Kier alpha value is -1.03. The van der Waals surface area contributed by atoms with E-state index in [0.717, 1.165) is 22.2 Å². The molecule has 0 radical (unpaired) electrons. The molecular weight excluding hydrogens is 201 g/mol. The zero-order chi connectivity index (χ0) is 10.7. The highest BCUT2D eigenvalue weighted by Crippen LogP contribution is 2.28. The number of aryl methyl sites for hydroxylation is 1. The van der Waals surface area contributed by atoms with Gasteiger partial charge in [-0.1, -0.05) is 11.8 Å². The van der Waals surface area contributed by atoms with Gasteiger partial charge in [0.2, 0.25) is 0 Å². The Morgan fingerprint density at radius 3 is 2.64 bits per heavy atom. The molecule has 0 amide bonds. The van der Waals surface area contributed by atoms with E-state index in [1.54, 1.807) is 20.0 Å². The molecule has 1 rings (SSSR count). The fourth-order valence-corrected chi connectivity index (χ4v) is 1.82. The van der Waals surface area contributed by atoms with E-state index in [2.05, 4.69) is 5.32 Å². The van der Waals surface area contributed by atoms with Crippen LogP contribution in [0.1, 0.15) is 12.5 Å². The molecule has 0 aliphatic carbocycles. The summed E-state index contributed by atoms with van der Waals surface area (Å²) < 4.78 is 13.2. The van der Waals surface area contributed by atoms with Crippen molar-refractivity contribution in [1.29, 1.82) is 0 Å². The van der Waals surface area contributed by atoms with Gasteiger partial charge in [-0.3, -0.25) is 4.79 Å². The maximum atomic E-state index is 13.2. The summed E-state index contributed by atoms with van der Waals surface area (Å²) in [5.41, 5.74) is 1.20. The molecule has 1 aromatic carbocycles. The first-order chi connectivity index (χ1) is 6.54. The van der Waals surface area contributed by atoms with Crippen LogP contribution in [0.25, 0.3) is 0 Å². The fourth-order valence-electron chi connectivity index (χ4n) is 1.11. The highest BCUT2D eigenvalue weighted by molar-refractivity contribution is 8.13. The number of anilines is 1. The molecule has 1 N–H and O–H groups in total. The van der Waals surface area contributed by atoms with E-state index in [-0.39, 0.29) is 10.9 Å². The van der Waals surface area contributed by atoms with Crippen LogP contribution >= 0.6 is 11.8 Å². The van der Waals surface area contributed by atoms with Crippen molar-refractivity contribution in [1.82, 2.24) is 0 Å². The second-order valence-electron chi connectivity index (χ2n) is 2.94. The monoisotopic (exact) mass is 213 g/mol. The highest BCUT2D eigenvalue weighted by Gasteiger charge is 2.08. The van der Waals surface area contributed by atoms with Crippen molar-refractivity contribution in [3.05, 3.63) is 23.5 Å². The molecule has 0 unspecified atom stereocenters. The van der Waals surface area contributed by atoms with Crippen molar-refractivity contribution < 1.29 is 9.18 Å². The van der Waals surface area contributed by atoms with Crippen molar-refractivity contribution in [3.8, 4) is 0 Å². The summed E-state index contributed by atoms with van der Waals surface area (Å²) in [5.74, 6) is -0.294. The number of rotatable bonds is 2. The van der Waals surface area contributed by atoms with Crippen LogP contribution in [-0.2, 0) is 4.79 Å². The number of halogens is 1. The van der Waals surface area contributed by atoms with Crippen LogP contribution in [0.15, 0.2) is 17.0 Å². The molecule has 4 heteroatoms. The van der Waals surface area contributed by atoms with E-state index in [1.165, 1.54) is 13.0 Å². The topological polar surface area (TPSA) is 29.1 Å². The van der Waals surface area contributed by atoms with E-state index in [0.29, 0.717) is 5.69 Å². The molecule has 0 saturated heterocycles. The van der Waals surface area contributed by atoms with Crippen LogP contribution in [-0.4, -0.2) is 12.2 Å². The number of thioether (sulfide) groups is 1. The number of hydrogen-bond donors (Lipinski definition) is 1. The van der Waals surface area contributed by atoms with Gasteiger partial charge in [0.25, 0.3) is 0 Å². The fraction of sp³-hybridized carbons (Fsp3) is 0.300. The second-order valence-corrected chi connectivity index (χ2v) is 4.16. The van der Waals surface area contributed by atoms with Gasteiger partial charge >= 0.3 is 0 Å². The Morgan fingerprint density at radius 1 is 1.50 bits per heavy atom. The maximum Gasteiger partial charge on any atom is 0.190 e. The highest BCUT2D eigenvalue weighted by atomic mass is 32.2. The minimum atomic E-state index is -0.294. The molecule has 14 heavy (non-hydrogen) atoms. The number of nitrogens with one attached hydrogen (secondary N) is 1. The molecular formula is C10H12FNOS. The molecule has 0 atom stereocenters. The van der Waals surface area contributed by atoms with Gasteiger partial charge in [-0.15, -0.1) is 0 Å². The van der Waals surface area contributed by atoms with E-state index in [4.69, 9.17) is 0 Å². The zero-order valence-electron chi connectivity index (χ0n) is 8.35. The third-order valence-corrected chi connectivity index (χ3v) is 2.73. The SMILES string of the molecule is CNc1cc(SC(C)=O)c(C)cc1F. The molecule has 0 aliphatic rings. The smallest absolute Gasteiger partial charge is 0.190 e. The van der Waals surface area contributed by atoms with Gasteiger partial charge in [-0.05, 0) is 24.6 Å². The van der Waals surface area contributed by atoms with Gasteiger partial charge in [0.05, 0.1) is 5.69 Å². The third kappa shape index (κ3) is 2.48. The third-order valence-electron chi connectivity index (χ3n) is 1.79. The molecule has 2 nitrogen and oxygen atoms in total. The summed E-state index contributed by atoms with van der Waals surface area (Å²) in [6.07, 6.45) is 0. The Bertz CT molecular complexity index is 365. The molecule has 0 heterocycles. The molecule has 0 saturated carbocycles. The summed E-state index contributed by atoms with van der Waals surface area (Å²) in [6, 6.07) is 3.08. The van der Waals surface area contributed by atoms with E-state index in [9.17, 15) is 9.18 Å². The van der Waals surface area contributed by atoms with E-state index >= 15 is 0 Å². The summed E-state index contributed by atoms with van der Waals surface area (Å²) in [5, 5.41) is 2.74. The minimum absolute atomic E-state index is 0.00163. The van der Waals surface area contributed by atoms with Gasteiger partial charge in [-0.25, -0.2) is 4.39 Å². The molecule has 1 aromatic rings. The predicted octanol–water partition coefficient (Wildman–Crippen LogP) is 2.81. The van der Waals surface area contributed by atoms with Crippen LogP contribution in [0, 0.1) is 12.7 Å². The van der Waals surface area contributed by atoms with Crippen LogP contribution in [0.4, 0.5) is 10.1 Å². The summed E-state index contributed by atoms with van der Waals surface area (Å²) in [4.78, 5) is 11.7. The van der Waals surface area contributed by atoms with Crippen molar-refractivity contribution >= 4 is 22.6 Å². The standard InChI is InChI=1S/C10H12FNOS/c1-6-4-8(11)9(12-3)5-10(6)14-7(2)13/h4-5,12H,1-3H3. The molecule has 0 fully saturated rings. The Labute approximate surface area is 86.9 Å². The first-order valence-electron chi connectivity index (χ1n) is 4.21. The largest absolute Gasteiger partial charge is 0.386 e. The number of benzene rings is 1. The van der Waals surface area contributed by atoms with Crippen molar-refractivity contribution in [2.75, 3.05) is 12.4 Å². The zero-order valence-corrected chi connectivity index (χ0v) is 9.17. The minimum Gasteiger partial charge on any atom is -0.386 e. The Balaban J connectivity index is 3.10. The number of hydrogen-bond acceptors (Lipinski definition) is 3. The lowest BCUT2D eigenvalue weighted by Gasteiger charge is -2.07. The number of carbonyl (C=O) groups is 1. The normalized spacial score (nSPS) is 10.0. The van der Waals surface area contributed by atoms with E-state index < -0.39 is 0 Å². The lowest BCUT2D eigenvalue weighted by Crippen LogP contribution is -1.95. The molecule has 0 aromatic heterocycles. The van der Waals surface area contributed by atoms with Crippen molar-refractivity contribution in [2.45, 2.75) is 18.7 Å². The first kappa shape index (κ1) is 11.0. The average Bonchev–Trinajstić information content (AvgIpc) is 2.09. The second kappa shape index (κ2) is 4.46. The molecule has 0 spiro atoms. The summed E-state index contributed by atoms with van der Waals surface area (Å²) in [6.45, 7) is 3.28. The first-order valence-corrected chi connectivity index (χ1v) is 5.02. The van der Waals surface area contributed by atoms with Gasteiger partial charge in [0.15, 0.2) is 5.12 Å². The summed E-state index contributed by atoms with van der Waals surface area (Å²) in [7, 11) is 1.65. The Morgan fingerprint density at radius 2 is 2.14 bits per heavy atom. The van der Waals surface area contributed by atoms with Crippen LogP contribution < -0.4 is 5.32 Å². The number of carbonyl (C=O) groups excluding carboxylic acids is 1. The molecule has 0 aliphatic heterocycles. The van der Waals surface area contributed by atoms with Crippen molar-refractivity contribution in [2.24, 2.45) is 0 Å².